The van der Waals surface area contributed by atoms with Gasteiger partial charge in [-0.2, -0.15) is 0 Å². The van der Waals surface area contributed by atoms with Crippen LogP contribution in [0.5, 0.6) is 0 Å². The van der Waals surface area contributed by atoms with Crippen molar-refractivity contribution in [2.24, 2.45) is 5.73 Å². The highest BCUT2D eigenvalue weighted by Crippen LogP contribution is 2.25. The normalized spacial score (nSPS) is 12.5. The van der Waals surface area contributed by atoms with Gasteiger partial charge in [-0.25, -0.2) is 13.2 Å². The lowest BCUT2D eigenvalue weighted by Crippen LogP contribution is -2.16. The minimum absolute atomic E-state index is 0.212. The van der Waals surface area contributed by atoms with E-state index in [0.29, 0.717) is 11.1 Å². The van der Waals surface area contributed by atoms with Crippen molar-refractivity contribution in [3.05, 3.63) is 69.5 Å². The summed E-state index contributed by atoms with van der Waals surface area (Å²) in [7, 11) is 0. The van der Waals surface area contributed by atoms with Gasteiger partial charge in [0.1, 0.15) is 17.5 Å². The molecule has 0 radical (unpaired) electrons. The molecule has 2 aromatic rings. The van der Waals surface area contributed by atoms with Crippen LogP contribution in [0.2, 0.25) is 5.02 Å². The molecule has 5 heteroatoms. The van der Waals surface area contributed by atoms with Crippen molar-refractivity contribution in [1.29, 1.82) is 0 Å². The van der Waals surface area contributed by atoms with Gasteiger partial charge in [-0.3, -0.25) is 0 Å². The van der Waals surface area contributed by atoms with Gasteiger partial charge in [0.25, 0.3) is 0 Å². The molecule has 0 amide bonds. The summed E-state index contributed by atoms with van der Waals surface area (Å²) in [5.41, 5.74) is 7.09. The maximum atomic E-state index is 13.7. The first-order valence-electron chi connectivity index (χ1n) is 6.03. The highest BCUT2D eigenvalue weighted by atomic mass is 35.5. The Labute approximate surface area is 120 Å². The van der Waals surface area contributed by atoms with E-state index < -0.39 is 23.5 Å². The van der Waals surface area contributed by atoms with Gasteiger partial charge in [0.05, 0.1) is 0 Å². The summed E-state index contributed by atoms with van der Waals surface area (Å²) in [6.07, 6.45) is 0.237. The standard InChI is InChI=1S/C15H13ClF3N/c1-8-4-11(14(19)7-13(8)18)15(20)5-9-2-3-10(17)6-12(9)16/h2-4,6-7,15H,5,20H2,1H3. The number of nitrogens with two attached hydrogens (primary N) is 1. The third-order valence-electron chi connectivity index (χ3n) is 3.13. The second-order valence-electron chi connectivity index (χ2n) is 4.67. The van der Waals surface area contributed by atoms with Crippen LogP contribution in [0.25, 0.3) is 0 Å². The summed E-state index contributed by atoms with van der Waals surface area (Å²) in [6, 6.07) is 5.46. The molecule has 106 valence electrons. The molecular weight excluding hydrogens is 287 g/mol. The van der Waals surface area contributed by atoms with E-state index in [1.165, 1.54) is 31.2 Å². The van der Waals surface area contributed by atoms with Gasteiger partial charge < -0.3 is 5.73 Å². The Morgan fingerprint density at radius 1 is 1.10 bits per heavy atom. The van der Waals surface area contributed by atoms with Crippen LogP contribution in [0, 0.1) is 24.4 Å². The molecular formula is C15H13ClF3N. The van der Waals surface area contributed by atoms with Crippen molar-refractivity contribution in [1.82, 2.24) is 0 Å². The molecule has 0 saturated carbocycles. The van der Waals surface area contributed by atoms with Gasteiger partial charge in [-0.1, -0.05) is 17.7 Å². The van der Waals surface area contributed by atoms with E-state index in [4.69, 9.17) is 17.3 Å². The molecule has 0 bridgehead atoms. The lowest BCUT2D eigenvalue weighted by molar-refractivity contribution is 0.549. The average molecular weight is 300 g/mol. The summed E-state index contributed by atoms with van der Waals surface area (Å²) in [5, 5.41) is 0.236. The van der Waals surface area contributed by atoms with Gasteiger partial charge in [0, 0.05) is 22.7 Å². The highest BCUT2D eigenvalue weighted by molar-refractivity contribution is 6.31. The molecule has 0 aliphatic carbocycles. The zero-order chi connectivity index (χ0) is 14.9. The smallest absolute Gasteiger partial charge is 0.130 e. The first kappa shape index (κ1) is 14.9. The summed E-state index contributed by atoms with van der Waals surface area (Å²) in [4.78, 5) is 0. The lowest BCUT2D eigenvalue weighted by Gasteiger charge is -2.15. The van der Waals surface area contributed by atoms with E-state index in [0.717, 1.165) is 6.07 Å². The monoisotopic (exact) mass is 299 g/mol. The van der Waals surface area contributed by atoms with Crippen LogP contribution < -0.4 is 5.73 Å². The molecule has 2 N–H and O–H groups in total. The Bertz CT molecular complexity index is 643. The fourth-order valence-electron chi connectivity index (χ4n) is 2.00. The highest BCUT2D eigenvalue weighted by Gasteiger charge is 2.16. The van der Waals surface area contributed by atoms with E-state index in [1.807, 2.05) is 0 Å². The number of hydrogen-bond acceptors (Lipinski definition) is 1. The van der Waals surface area contributed by atoms with Gasteiger partial charge in [-0.05, 0) is 42.7 Å². The second kappa shape index (κ2) is 5.85. The number of benzene rings is 2. The third-order valence-corrected chi connectivity index (χ3v) is 3.48. The van der Waals surface area contributed by atoms with Crippen molar-refractivity contribution in [2.75, 3.05) is 0 Å². The summed E-state index contributed by atoms with van der Waals surface area (Å²) < 4.78 is 39.9. The van der Waals surface area contributed by atoms with Crippen LogP contribution in [0.3, 0.4) is 0 Å². The molecule has 0 saturated heterocycles. The van der Waals surface area contributed by atoms with E-state index >= 15 is 0 Å². The first-order valence-corrected chi connectivity index (χ1v) is 6.41. The maximum Gasteiger partial charge on any atom is 0.130 e. The van der Waals surface area contributed by atoms with Gasteiger partial charge in [0.15, 0.2) is 0 Å². The lowest BCUT2D eigenvalue weighted by atomic mass is 9.97. The Morgan fingerprint density at radius 2 is 1.80 bits per heavy atom. The number of hydrogen-bond donors (Lipinski definition) is 1. The van der Waals surface area contributed by atoms with Crippen molar-refractivity contribution in [2.45, 2.75) is 19.4 Å². The molecule has 1 atom stereocenters. The molecule has 0 heterocycles. The third kappa shape index (κ3) is 3.14. The van der Waals surface area contributed by atoms with Gasteiger partial charge >= 0.3 is 0 Å². The molecule has 1 nitrogen and oxygen atoms in total. The predicted octanol–water partition coefficient (Wildman–Crippen LogP) is 4.31. The first-order chi connectivity index (χ1) is 9.38. The van der Waals surface area contributed by atoms with E-state index in [9.17, 15) is 13.2 Å². The number of aryl methyl sites for hydroxylation is 1. The molecule has 0 fully saturated rings. The van der Waals surface area contributed by atoms with Crippen LogP contribution in [0.4, 0.5) is 13.2 Å². The largest absolute Gasteiger partial charge is 0.324 e. The van der Waals surface area contributed by atoms with Crippen LogP contribution in [-0.2, 0) is 6.42 Å². The van der Waals surface area contributed by atoms with Crippen molar-refractivity contribution in [3.63, 3.8) is 0 Å². The fraction of sp³-hybridized carbons (Fsp3) is 0.200. The molecule has 20 heavy (non-hydrogen) atoms. The predicted molar refractivity (Wildman–Crippen MR) is 73.1 cm³/mol. The minimum atomic E-state index is -0.696. The fourth-order valence-corrected chi connectivity index (χ4v) is 2.24. The van der Waals surface area contributed by atoms with Gasteiger partial charge in [-0.15, -0.1) is 0 Å². The number of halogens is 4. The molecule has 0 aromatic heterocycles. The van der Waals surface area contributed by atoms with E-state index in [-0.39, 0.29) is 17.0 Å². The van der Waals surface area contributed by atoms with Crippen LogP contribution in [0.1, 0.15) is 22.7 Å². The maximum absolute atomic E-state index is 13.7. The molecule has 0 spiro atoms. The van der Waals surface area contributed by atoms with Crippen molar-refractivity contribution in [3.8, 4) is 0 Å². The Hall–Kier alpha value is -1.52. The van der Waals surface area contributed by atoms with Crippen LogP contribution >= 0.6 is 11.6 Å². The summed E-state index contributed by atoms with van der Waals surface area (Å²) in [6.45, 7) is 1.54. The Kier molecular flexibility index (Phi) is 4.35. The summed E-state index contributed by atoms with van der Waals surface area (Å²) >= 11 is 5.91. The SMILES string of the molecule is Cc1cc(C(N)Cc2ccc(F)cc2Cl)c(F)cc1F. The minimum Gasteiger partial charge on any atom is -0.324 e. The van der Waals surface area contributed by atoms with E-state index in [2.05, 4.69) is 0 Å². The van der Waals surface area contributed by atoms with Crippen LogP contribution in [0.15, 0.2) is 30.3 Å². The molecule has 2 aromatic carbocycles. The molecule has 2 rings (SSSR count). The Balaban J connectivity index is 2.28. The average Bonchev–Trinajstić information content (AvgIpc) is 2.37. The quantitative estimate of drug-likeness (QED) is 0.898. The zero-order valence-electron chi connectivity index (χ0n) is 10.8. The second-order valence-corrected chi connectivity index (χ2v) is 5.08. The molecule has 0 aliphatic rings. The van der Waals surface area contributed by atoms with Crippen molar-refractivity contribution < 1.29 is 13.2 Å². The Morgan fingerprint density at radius 3 is 2.45 bits per heavy atom. The topological polar surface area (TPSA) is 26.0 Å². The summed E-state index contributed by atoms with van der Waals surface area (Å²) in [5.74, 6) is -1.76. The van der Waals surface area contributed by atoms with Crippen LogP contribution in [-0.4, -0.2) is 0 Å². The molecule has 0 aliphatic heterocycles. The molecule has 1 unspecified atom stereocenters. The van der Waals surface area contributed by atoms with Gasteiger partial charge in [0.2, 0.25) is 0 Å². The number of rotatable bonds is 3. The van der Waals surface area contributed by atoms with Crippen molar-refractivity contribution >= 4 is 11.6 Å². The zero-order valence-corrected chi connectivity index (χ0v) is 11.5. The van der Waals surface area contributed by atoms with E-state index in [1.54, 1.807) is 0 Å².